The summed E-state index contributed by atoms with van der Waals surface area (Å²) in [4.78, 5) is 9.38. The molecule has 0 atom stereocenters. The minimum atomic E-state index is -1.35. The van der Waals surface area contributed by atoms with Crippen molar-refractivity contribution in [3.63, 3.8) is 0 Å². The molecule has 49 heavy (non-hydrogen) atoms. The molecule has 2 nitrogen and oxygen atoms in total. The zero-order chi connectivity index (χ0) is 34.0. The van der Waals surface area contributed by atoms with Crippen LogP contribution >= 0.6 is 11.3 Å². The SMILES string of the molecule is CC(C)c1ccnc(-c2[c-]ccc3c2sc2cc(-c4ccccc4)ccc23)c1.Cc1ccc[c-]c1-c1cc(C(C)C)c([Si](C)(C)C)cn1.[Ir]. The van der Waals surface area contributed by atoms with Gasteiger partial charge in [-0.2, -0.15) is 11.3 Å². The van der Waals surface area contributed by atoms with Gasteiger partial charge < -0.3 is 9.97 Å². The summed E-state index contributed by atoms with van der Waals surface area (Å²) in [5.74, 6) is 1.01. The molecule has 0 unspecified atom stereocenters. The molecule has 0 aliphatic rings. The molecule has 0 fully saturated rings. The van der Waals surface area contributed by atoms with Gasteiger partial charge in [-0.25, -0.2) is 0 Å². The van der Waals surface area contributed by atoms with E-state index in [0.29, 0.717) is 11.8 Å². The second-order valence-electron chi connectivity index (χ2n) is 14.2. The number of pyridine rings is 2. The van der Waals surface area contributed by atoms with Crippen LogP contribution < -0.4 is 5.19 Å². The first-order valence-corrected chi connectivity index (χ1v) is 21.2. The molecule has 0 bridgehead atoms. The largest absolute Gasteiger partial charge is 0.305 e. The quantitative estimate of drug-likeness (QED) is 0.123. The second kappa shape index (κ2) is 15.4. The molecule has 0 N–H and O–H groups in total. The number of thiophene rings is 1. The molecule has 0 saturated carbocycles. The van der Waals surface area contributed by atoms with Crippen LogP contribution in [0.3, 0.4) is 0 Å². The third kappa shape index (κ3) is 8.03. The molecule has 3 heterocycles. The Hall–Kier alpha value is -3.73. The molecule has 7 aromatic rings. The summed E-state index contributed by atoms with van der Waals surface area (Å²) in [5, 5.41) is 4.06. The van der Waals surface area contributed by atoms with Crippen molar-refractivity contribution in [3.05, 3.63) is 138 Å². The summed E-state index contributed by atoms with van der Waals surface area (Å²) in [5.41, 5.74) is 10.8. The Morgan fingerprint density at radius 3 is 2.10 bits per heavy atom. The van der Waals surface area contributed by atoms with Crippen molar-refractivity contribution in [1.82, 2.24) is 9.97 Å². The third-order valence-electron chi connectivity index (χ3n) is 8.93. The number of rotatable bonds is 6. The first-order valence-electron chi connectivity index (χ1n) is 16.9. The number of aromatic nitrogens is 2. The standard InChI is InChI=1S/C26H20NS.C18H24NSi.Ir/c1-17(2)19-13-14-27-24(15-19)23-10-6-9-22-21-12-11-20(16-25(21)28-26(22)23)18-7-4-3-5-8-18;1-13(2)16-11-17(15-10-8-7-9-14(15)3)19-12-18(16)20(4,5)6;/h3-9,11-17H,1-2H3;7-9,11-13H,1-6H3;/q2*-1;. The Kier molecular flexibility index (Phi) is 11.5. The van der Waals surface area contributed by atoms with Gasteiger partial charge >= 0.3 is 0 Å². The van der Waals surface area contributed by atoms with E-state index in [-0.39, 0.29) is 20.1 Å². The molecule has 0 aliphatic heterocycles. The van der Waals surface area contributed by atoms with Crippen molar-refractivity contribution in [2.24, 2.45) is 0 Å². The van der Waals surface area contributed by atoms with Gasteiger partial charge in [-0.05, 0) is 61.8 Å². The van der Waals surface area contributed by atoms with E-state index in [1.165, 1.54) is 53.2 Å². The molecular weight excluding hydrogens is 809 g/mol. The summed E-state index contributed by atoms with van der Waals surface area (Å²) >= 11 is 1.83. The number of hydrogen-bond acceptors (Lipinski definition) is 3. The van der Waals surface area contributed by atoms with Gasteiger partial charge in [-0.3, -0.25) is 0 Å². The second-order valence-corrected chi connectivity index (χ2v) is 20.3. The average Bonchev–Trinajstić information content (AvgIpc) is 3.47. The van der Waals surface area contributed by atoms with Crippen LogP contribution in [0.15, 0.2) is 109 Å². The smallest absolute Gasteiger partial charge is 0.0799 e. The van der Waals surface area contributed by atoms with E-state index in [0.717, 1.165) is 22.5 Å². The minimum absolute atomic E-state index is 0. The first kappa shape index (κ1) is 36.5. The Labute approximate surface area is 311 Å². The van der Waals surface area contributed by atoms with E-state index < -0.39 is 8.07 Å². The molecule has 7 rings (SSSR count). The first-order chi connectivity index (χ1) is 23.0. The zero-order valence-electron chi connectivity index (χ0n) is 29.7. The van der Waals surface area contributed by atoms with E-state index in [2.05, 4.69) is 156 Å². The van der Waals surface area contributed by atoms with Crippen LogP contribution in [0.1, 0.15) is 56.2 Å². The molecule has 3 aromatic heterocycles. The van der Waals surface area contributed by atoms with Crippen LogP contribution in [-0.2, 0) is 20.1 Å². The molecule has 0 amide bonds. The number of aryl methyl sites for hydroxylation is 1. The minimum Gasteiger partial charge on any atom is -0.305 e. The van der Waals surface area contributed by atoms with E-state index in [1.807, 2.05) is 35.7 Å². The van der Waals surface area contributed by atoms with Gasteiger partial charge in [0.1, 0.15) is 0 Å². The fourth-order valence-corrected chi connectivity index (χ4v) is 9.12. The van der Waals surface area contributed by atoms with Crippen LogP contribution in [0, 0.1) is 19.1 Å². The van der Waals surface area contributed by atoms with Crippen LogP contribution in [0.2, 0.25) is 19.6 Å². The Morgan fingerprint density at radius 2 is 1.41 bits per heavy atom. The van der Waals surface area contributed by atoms with Gasteiger partial charge in [0.15, 0.2) is 0 Å². The Balaban J connectivity index is 0.000000199. The van der Waals surface area contributed by atoms with Crippen molar-refractivity contribution in [3.8, 4) is 33.6 Å². The monoisotopic (exact) mass is 853 g/mol. The average molecular weight is 853 g/mol. The molecule has 0 aliphatic carbocycles. The maximum atomic E-state index is 4.72. The van der Waals surface area contributed by atoms with Crippen LogP contribution in [-0.4, -0.2) is 18.0 Å². The van der Waals surface area contributed by atoms with Gasteiger partial charge in [-0.1, -0.05) is 125 Å². The van der Waals surface area contributed by atoms with E-state index in [4.69, 9.17) is 4.98 Å². The van der Waals surface area contributed by atoms with Crippen LogP contribution in [0.5, 0.6) is 0 Å². The topological polar surface area (TPSA) is 25.8 Å². The number of fused-ring (bicyclic) bond motifs is 3. The molecule has 0 spiro atoms. The van der Waals surface area contributed by atoms with Crippen LogP contribution in [0.25, 0.3) is 53.8 Å². The zero-order valence-corrected chi connectivity index (χ0v) is 33.9. The fourth-order valence-electron chi connectivity index (χ4n) is 6.19. The van der Waals surface area contributed by atoms with Gasteiger partial charge in [0.2, 0.25) is 0 Å². The number of benzene rings is 4. The van der Waals surface area contributed by atoms with Crippen molar-refractivity contribution < 1.29 is 20.1 Å². The van der Waals surface area contributed by atoms with Gasteiger partial charge in [0.25, 0.3) is 0 Å². The molecule has 4 aromatic carbocycles. The fraction of sp³-hybridized carbons (Fsp3) is 0.227. The summed E-state index contributed by atoms with van der Waals surface area (Å²) in [6.07, 6.45) is 4.02. The predicted molar refractivity (Wildman–Crippen MR) is 211 cm³/mol. The molecule has 1 radical (unpaired) electrons. The van der Waals surface area contributed by atoms with Crippen molar-refractivity contribution in [2.75, 3.05) is 0 Å². The van der Waals surface area contributed by atoms with Gasteiger partial charge in [0, 0.05) is 37.2 Å². The molecular formula is C44H44IrN2SSi-2. The Morgan fingerprint density at radius 1 is 0.673 bits per heavy atom. The van der Waals surface area contributed by atoms with E-state index in [9.17, 15) is 0 Å². The molecule has 251 valence electrons. The number of hydrogen-bond donors (Lipinski definition) is 0. The summed E-state index contributed by atoms with van der Waals surface area (Å²) in [6, 6.07) is 41.0. The third-order valence-corrected chi connectivity index (χ3v) is 12.2. The van der Waals surface area contributed by atoms with Crippen molar-refractivity contribution in [2.45, 2.75) is 66.1 Å². The predicted octanol–water partition coefficient (Wildman–Crippen LogP) is 12.2. The van der Waals surface area contributed by atoms with Gasteiger partial charge in [0.05, 0.1) is 8.07 Å². The normalized spacial score (nSPS) is 11.5. The van der Waals surface area contributed by atoms with Crippen molar-refractivity contribution >= 4 is 44.8 Å². The number of nitrogens with zero attached hydrogens (tertiary/aromatic N) is 2. The Bertz CT molecular complexity index is 2200. The molecule has 0 saturated heterocycles. The maximum absolute atomic E-state index is 4.72. The maximum Gasteiger partial charge on any atom is 0.0799 e. The van der Waals surface area contributed by atoms with Gasteiger partial charge in [-0.15, -0.1) is 59.2 Å². The molecule has 5 heteroatoms. The van der Waals surface area contributed by atoms with Crippen molar-refractivity contribution in [1.29, 1.82) is 0 Å². The summed E-state index contributed by atoms with van der Waals surface area (Å²) in [6.45, 7) is 18.2. The van der Waals surface area contributed by atoms with E-state index in [1.54, 1.807) is 0 Å². The summed E-state index contributed by atoms with van der Waals surface area (Å²) in [7, 11) is -1.35. The summed E-state index contributed by atoms with van der Waals surface area (Å²) < 4.78 is 2.56. The van der Waals surface area contributed by atoms with E-state index >= 15 is 0 Å². The van der Waals surface area contributed by atoms with Crippen LogP contribution in [0.4, 0.5) is 0 Å².